The number of nitrogens with zero attached hydrogens (tertiary/aromatic N) is 3. The molecule has 0 unspecified atom stereocenters. The van der Waals surface area contributed by atoms with E-state index in [4.69, 9.17) is 4.74 Å². The Bertz CT molecular complexity index is 610. The van der Waals surface area contributed by atoms with E-state index in [-0.39, 0.29) is 5.41 Å². The summed E-state index contributed by atoms with van der Waals surface area (Å²) in [6, 6.07) is 10.9. The minimum atomic E-state index is 0.247. The lowest BCUT2D eigenvalue weighted by Crippen LogP contribution is -2.44. The number of rotatable bonds is 6. The molecule has 4 heteroatoms. The first-order valence-electron chi connectivity index (χ1n) is 8.47. The lowest BCUT2D eigenvalue weighted by molar-refractivity contribution is 0.144. The SMILES string of the molecule is COCCn1cncc1CN1CCC[C@@](C)(c2ccccc2)C1. The molecule has 124 valence electrons. The number of ether oxygens (including phenoxy) is 1. The molecule has 1 aromatic carbocycles. The van der Waals surface area contributed by atoms with Crippen molar-refractivity contribution in [3.8, 4) is 0 Å². The molecular formula is C19H27N3O. The van der Waals surface area contributed by atoms with Gasteiger partial charge in [-0.1, -0.05) is 37.3 Å². The van der Waals surface area contributed by atoms with Crippen molar-refractivity contribution in [2.45, 2.75) is 38.3 Å². The molecule has 3 rings (SSSR count). The maximum atomic E-state index is 5.19. The first-order valence-corrected chi connectivity index (χ1v) is 8.47. The van der Waals surface area contributed by atoms with E-state index in [1.807, 2.05) is 12.5 Å². The second kappa shape index (κ2) is 7.28. The van der Waals surface area contributed by atoms with Gasteiger partial charge in [0.1, 0.15) is 0 Å². The molecule has 0 radical (unpaired) electrons. The summed E-state index contributed by atoms with van der Waals surface area (Å²) in [5.41, 5.74) is 2.98. The zero-order chi connectivity index (χ0) is 16.1. The molecular weight excluding hydrogens is 286 g/mol. The molecule has 0 N–H and O–H groups in total. The van der Waals surface area contributed by atoms with E-state index in [9.17, 15) is 0 Å². The summed E-state index contributed by atoms with van der Waals surface area (Å²) in [7, 11) is 1.74. The van der Waals surface area contributed by atoms with Gasteiger partial charge in [-0.05, 0) is 24.9 Å². The van der Waals surface area contributed by atoms with E-state index in [0.717, 1.165) is 32.8 Å². The summed E-state index contributed by atoms with van der Waals surface area (Å²) in [6.07, 6.45) is 6.41. The second-order valence-corrected chi connectivity index (χ2v) is 6.81. The Morgan fingerprint density at radius 3 is 2.87 bits per heavy atom. The Morgan fingerprint density at radius 1 is 1.26 bits per heavy atom. The molecule has 1 saturated heterocycles. The highest BCUT2D eigenvalue weighted by Gasteiger charge is 2.32. The highest BCUT2D eigenvalue weighted by molar-refractivity contribution is 5.25. The van der Waals surface area contributed by atoms with Crippen LogP contribution in [0.4, 0.5) is 0 Å². The number of hydrogen-bond donors (Lipinski definition) is 0. The molecule has 0 amide bonds. The summed E-state index contributed by atoms with van der Waals surface area (Å²) < 4.78 is 7.40. The summed E-state index contributed by atoms with van der Waals surface area (Å²) >= 11 is 0. The fourth-order valence-electron chi connectivity index (χ4n) is 3.66. The highest BCUT2D eigenvalue weighted by atomic mass is 16.5. The lowest BCUT2D eigenvalue weighted by Gasteiger charge is -2.41. The fourth-order valence-corrected chi connectivity index (χ4v) is 3.66. The van der Waals surface area contributed by atoms with Crippen LogP contribution in [0.25, 0.3) is 0 Å². The molecule has 1 aliphatic heterocycles. The Labute approximate surface area is 139 Å². The lowest BCUT2D eigenvalue weighted by atomic mass is 9.76. The first kappa shape index (κ1) is 16.2. The molecule has 1 aromatic heterocycles. The van der Waals surface area contributed by atoms with E-state index in [2.05, 4.69) is 51.7 Å². The third-order valence-electron chi connectivity index (χ3n) is 4.97. The number of likely N-dealkylation sites (tertiary alicyclic amines) is 1. The maximum Gasteiger partial charge on any atom is 0.0949 e. The third kappa shape index (κ3) is 3.82. The van der Waals surface area contributed by atoms with Crippen LogP contribution >= 0.6 is 0 Å². The zero-order valence-corrected chi connectivity index (χ0v) is 14.2. The molecule has 1 fully saturated rings. The molecule has 2 aromatic rings. The van der Waals surface area contributed by atoms with Gasteiger partial charge in [0.2, 0.25) is 0 Å². The Kier molecular flexibility index (Phi) is 5.13. The number of piperidine rings is 1. The quantitative estimate of drug-likeness (QED) is 0.821. The Morgan fingerprint density at radius 2 is 2.09 bits per heavy atom. The molecule has 0 aliphatic carbocycles. The fraction of sp³-hybridized carbons (Fsp3) is 0.526. The van der Waals surface area contributed by atoms with Crippen molar-refractivity contribution in [1.82, 2.24) is 14.5 Å². The van der Waals surface area contributed by atoms with Gasteiger partial charge in [-0.2, -0.15) is 0 Å². The number of aromatic nitrogens is 2. The van der Waals surface area contributed by atoms with Gasteiger partial charge in [-0.15, -0.1) is 0 Å². The Balaban J connectivity index is 1.69. The van der Waals surface area contributed by atoms with Crippen LogP contribution in [-0.2, 0) is 23.2 Å². The van der Waals surface area contributed by atoms with Crippen LogP contribution in [0.15, 0.2) is 42.9 Å². The van der Waals surface area contributed by atoms with Gasteiger partial charge in [-0.25, -0.2) is 4.98 Å². The van der Waals surface area contributed by atoms with Gasteiger partial charge in [0, 0.05) is 38.4 Å². The zero-order valence-electron chi connectivity index (χ0n) is 14.2. The van der Waals surface area contributed by atoms with Gasteiger partial charge in [0.25, 0.3) is 0 Å². The summed E-state index contributed by atoms with van der Waals surface area (Å²) in [6.45, 7) is 7.23. The van der Waals surface area contributed by atoms with Gasteiger partial charge in [0.05, 0.1) is 18.6 Å². The van der Waals surface area contributed by atoms with Crippen molar-refractivity contribution in [2.75, 3.05) is 26.8 Å². The molecule has 2 heterocycles. The van der Waals surface area contributed by atoms with Crippen molar-refractivity contribution < 1.29 is 4.74 Å². The molecule has 4 nitrogen and oxygen atoms in total. The monoisotopic (exact) mass is 313 g/mol. The van der Waals surface area contributed by atoms with Gasteiger partial charge >= 0.3 is 0 Å². The standard InChI is InChI=1S/C19H27N3O/c1-19(17-7-4-3-5-8-17)9-6-10-21(15-19)14-18-13-20-16-22(18)11-12-23-2/h3-5,7-8,13,16H,6,9-12,14-15H2,1-2H3/t19-/m1/s1. The van der Waals surface area contributed by atoms with Crippen LogP contribution in [0.1, 0.15) is 31.0 Å². The average molecular weight is 313 g/mol. The van der Waals surface area contributed by atoms with Gasteiger partial charge in [0.15, 0.2) is 0 Å². The second-order valence-electron chi connectivity index (χ2n) is 6.81. The number of hydrogen-bond acceptors (Lipinski definition) is 3. The molecule has 0 spiro atoms. The van der Waals surface area contributed by atoms with Crippen LogP contribution in [0.3, 0.4) is 0 Å². The smallest absolute Gasteiger partial charge is 0.0949 e. The van der Waals surface area contributed by atoms with Gasteiger partial charge < -0.3 is 9.30 Å². The molecule has 1 aliphatic rings. The van der Waals surface area contributed by atoms with E-state index >= 15 is 0 Å². The average Bonchev–Trinajstić information content (AvgIpc) is 3.01. The van der Waals surface area contributed by atoms with Crippen LogP contribution in [0.5, 0.6) is 0 Å². The number of imidazole rings is 1. The number of methoxy groups -OCH3 is 1. The predicted octanol–water partition coefficient (Wildman–Crippen LogP) is 3.08. The first-order chi connectivity index (χ1) is 11.2. The summed E-state index contributed by atoms with van der Waals surface area (Å²) in [4.78, 5) is 6.88. The van der Waals surface area contributed by atoms with E-state index in [1.165, 1.54) is 24.1 Å². The minimum Gasteiger partial charge on any atom is -0.383 e. The molecule has 23 heavy (non-hydrogen) atoms. The molecule has 0 bridgehead atoms. The highest BCUT2D eigenvalue weighted by Crippen LogP contribution is 2.34. The van der Waals surface area contributed by atoms with Gasteiger partial charge in [-0.3, -0.25) is 4.90 Å². The molecule has 1 atom stereocenters. The van der Waals surface area contributed by atoms with Crippen LogP contribution in [0.2, 0.25) is 0 Å². The van der Waals surface area contributed by atoms with E-state index < -0.39 is 0 Å². The van der Waals surface area contributed by atoms with Crippen molar-refractivity contribution in [3.05, 3.63) is 54.1 Å². The van der Waals surface area contributed by atoms with Crippen molar-refractivity contribution in [2.24, 2.45) is 0 Å². The van der Waals surface area contributed by atoms with Crippen molar-refractivity contribution in [1.29, 1.82) is 0 Å². The Hall–Kier alpha value is -1.65. The summed E-state index contributed by atoms with van der Waals surface area (Å²) in [5, 5.41) is 0. The van der Waals surface area contributed by atoms with Crippen LogP contribution < -0.4 is 0 Å². The normalized spacial score (nSPS) is 22.3. The summed E-state index contributed by atoms with van der Waals surface area (Å²) in [5.74, 6) is 0. The third-order valence-corrected chi connectivity index (χ3v) is 4.97. The van der Waals surface area contributed by atoms with Crippen LogP contribution in [-0.4, -0.2) is 41.3 Å². The van der Waals surface area contributed by atoms with E-state index in [1.54, 1.807) is 7.11 Å². The predicted molar refractivity (Wildman–Crippen MR) is 92.4 cm³/mol. The minimum absolute atomic E-state index is 0.247. The largest absolute Gasteiger partial charge is 0.383 e. The molecule has 0 saturated carbocycles. The number of benzene rings is 1. The van der Waals surface area contributed by atoms with Crippen molar-refractivity contribution >= 4 is 0 Å². The van der Waals surface area contributed by atoms with E-state index in [0.29, 0.717) is 0 Å². The maximum absolute atomic E-state index is 5.19. The van der Waals surface area contributed by atoms with Crippen molar-refractivity contribution in [3.63, 3.8) is 0 Å². The van der Waals surface area contributed by atoms with Crippen LogP contribution in [0, 0.1) is 0 Å². The topological polar surface area (TPSA) is 30.3 Å².